The molecule has 0 aliphatic carbocycles. The molecule has 4 unspecified atom stereocenters. The minimum atomic E-state index is -1.52. The van der Waals surface area contributed by atoms with Gasteiger partial charge in [-0.3, -0.25) is 29.2 Å². The van der Waals surface area contributed by atoms with Crippen LogP contribution in [-0.4, -0.2) is 83.9 Å². The lowest BCUT2D eigenvalue weighted by Crippen LogP contribution is -2.57. The smallest absolute Gasteiger partial charge is 0.326 e. The molecule has 0 radical (unpaired) electrons. The minimum absolute atomic E-state index is 0.0354. The first-order valence-corrected chi connectivity index (χ1v) is 12.4. The first kappa shape index (κ1) is 34.9. The second-order valence-corrected chi connectivity index (χ2v) is 9.33. The SMILES string of the molecule is CC(C)CC(N)C(=O)NC(CCCN=C(N)N)C(=O)NC(CC(N)=O)C(=O)NC(CCCN=C(N)N)C(=O)O. The van der Waals surface area contributed by atoms with Crippen LogP contribution in [0.1, 0.15) is 52.4 Å². The third-order valence-corrected chi connectivity index (χ3v) is 5.24. The highest BCUT2D eigenvalue weighted by atomic mass is 16.4. The van der Waals surface area contributed by atoms with Gasteiger partial charge in [0.25, 0.3) is 0 Å². The Balaban J connectivity index is 5.61. The summed E-state index contributed by atoms with van der Waals surface area (Å²) in [6.07, 6.45) is 0.268. The lowest BCUT2D eigenvalue weighted by atomic mass is 10.0. The Hall–Kier alpha value is -4.15. The number of aliphatic imine (C=N–C) groups is 2. The number of rotatable bonds is 19. The number of amides is 4. The highest BCUT2D eigenvalue weighted by Crippen LogP contribution is 2.07. The van der Waals surface area contributed by atoms with E-state index in [1.54, 1.807) is 0 Å². The molecule has 0 rings (SSSR count). The summed E-state index contributed by atoms with van der Waals surface area (Å²) in [5.41, 5.74) is 32.3. The molecule has 0 fully saturated rings. The normalized spacial score (nSPS) is 13.7. The quantitative estimate of drug-likeness (QED) is 0.0413. The van der Waals surface area contributed by atoms with E-state index in [9.17, 15) is 29.1 Å². The molecule has 17 nitrogen and oxygen atoms in total. The molecule has 0 aliphatic rings. The van der Waals surface area contributed by atoms with Crippen LogP contribution in [0.3, 0.4) is 0 Å². The molecule has 4 atom stereocenters. The number of primary amides is 1. The van der Waals surface area contributed by atoms with Crippen LogP contribution in [0.5, 0.6) is 0 Å². The third-order valence-electron chi connectivity index (χ3n) is 5.24. The third kappa shape index (κ3) is 16.3. The van der Waals surface area contributed by atoms with Crippen molar-refractivity contribution in [3.8, 4) is 0 Å². The molecule has 0 saturated carbocycles. The highest BCUT2D eigenvalue weighted by Gasteiger charge is 2.31. The van der Waals surface area contributed by atoms with Crippen LogP contribution >= 0.6 is 0 Å². The monoisotopic (exact) mass is 557 g/mol. The zero-order chi connectivity index (χ0) is 30.1. The van der Waals surface area contributed by atoms with Gasteiger partial charge in [-0.2, -0.15) is 0 Å². The topological polar surface area (TPSA) is 323 Å². The van der Waals surface area contributed by atoms with Crippen LogP contribution in [0.2, 0.25) is 0 Å². The van der Waals surface area contributed by atoms with Gasteiger partial charge in [-0.15, -0.1) is 0 Å². The van der Waals surface area contributed by atoms with Crippen LogP contribution in [0.25, 0.3) is 0 Å². The van der Waals surface area contributed by atoms with Gasteiger partial charge in [-0.05, 0) is 38.0 Å². The zero-order valence-corrected chi connectivity index (χ0v) is 22.4. The average Bonchev–Trinajstić information content (AvgIpc) is 2.80. The van der Waals surface area contributed by atoms with Crippen molar-refractivity contribution in [2.75, 3.05) is 13.1 Å². The van der Waals surface area contributed by atoms with E-state index < -0.39 is 60.2 Å². The van der Waals surface area contributed by atoms with Gasteiger partial charge in [0.2, 0.25) is 23.6 Å². The number of carboxylic acids is 1. The molecule has 0 spiro atoms. The predicted molar refractivity (Wildman–Crippen MR) is 144 cm³/mol. The standard InChI is InChI=1S/C22H43N11O6/c1-11(2)9-12(23)17(35)31-13(5-3-7-29-21(25)26)18(36)33-15(10-16(24)34)19(37)32-14(20(38)39)6-4-8-30-22(27)28/h11-15H,3-10,23H2,1-2H3,(H2,24,34)(H,31,35)(H,32,37)(H,33,36)(H,38,39)(H4,25,26,29)(H4,27,28,30). The van der Waals surface area contributed by atoms with Crippen LogP contribution in [0.4, 0.5) is 0 Å². The maximum Gasteiger partial charge on any atom is 0.326 e. The molecule has 17 heteroatoms. The zero-order valence-electron chi connectivity index (χ0n) is 22.4. The molecule has 0 saturated heterocycles. The van der Waals surface area contributed by atoms with Gasteiger partial charge in [-0.25, -0.2) is 4.79 Å². The Kier molecular flexibility index (Phi) is 16.2. The predicted octanol–water partition coefficient (Wildman–Crippen LogP) is -4.12. The molecule has 0 aliphatic heterocycles. The first-order valence-electron chi connectivity index (χ1n) is 12.4. The number of nitrogens with one attached hydrogen (secondary N) is 3. The van der Waals surface area contributed by atoms with Gasteiger partial charge in [0.1, 0.15) is 18.1 Å². The van der Waals surface area contributed by atoms with Crippen molar-refractivity contribution in [3.63, 3.8) is 0 Å². The Morgan fingerprint density at radius 2 is 1.15 bits per heavy atom. The Bertz CT molecular complexity index is 901. The molecule has 0 aromatic heterocycles. The molecule has 0 heterocycles. The van der Waals surface area contributed by atoms with E-state index in [1.807, 2.05) is 13.8 Å². The fraction of sp³-hybridized carbons (Fsp3) is 0.682. The molecule has 222 valence electrons. The summed E-state index contributed by atoms with van der Waals surface area (Å²) in [6, 6.07) is -4.93. The summed E-state index contributed by atoms with van der Waals surface area (Å²) >= 11 is 0. The number of carbonyl (C=O) groups is 5. The van der Waals surface area contributed by atoms with Crippen molar-refractivity contribution in [2.45, 2.75) is 76.5 Å². The molecule has 39 heavy (non-hydrogen) atoms. The number of guanidine groups is 2. The Labute approximate surface area is 226 Å². The van der Waals surface area contributed by atoms with E-state index in [-0.39, 0.29) is 56.6 Å². The average molecular weight is 558 g/mol. The number of carbonyl (C=O) groups excluding carboxylic acids is 4. The van der Waals surface area contributed by atoms with Crippen molar-refractivity contribution < 1.29 is 29.1 Å². The fourth-order valence-corrected chi connectivity index (χ4v) is 3.38. The van der Waals surface area contributed by atoms with Gasteiger partial charge in [-0.1, -0.05) is 13.8 Å². The summed E-state index contributed by atoms with van der Waals surface area (Å²) < 4.78 is 0. The number of aliphatic carboxylic acids is 1. The van der Waals surface area contributed by atoms with E-state index in [0.29, 0.717) is 6.42 Å². The Morgan fingerprint density at radius 3 is 1.59 bits per heavy atom. The van der Waals surface area contributed by atoms with Crippen molar-refractivity contribution in [1.29, 1.82) is 0 Å². The number of nitrogens with two attached hydrogens (primary N) is 6. The summed E-state index contributed by atoms with van der Waals surface area (Å²) in [4.78, 5) is 69.4. The fourth-order valence-electron chi connectivity index (χ4n) is 3.38. The van der Waals surface area contributed by atoms with Crippen molar-refractivity contribution in [3.05, 3.63) is 0 Å². The molecule has 16 N–H and O–H groups in total. The second kappa shape index (κ2) is 18.2. The molecule has 4 amide bonds. The van der Waals surface area contributed by atoms with Crippen LogP contribution in [0.15, 0.2) is 9.98 Å². The summed E-state index contributed by atoms with van der Waals surface area (Å²) in [7, 11) is 0. The Morgan fingerprint density at radius 1 is 0.718 bits per heavy atom. The van der Waals surface area contributed by atoms with Crippen LogP contribution in [0, 0.1) is 5.92 Å². The molecular formula is C22H43N11O6. The van der Waals surface area contributed by atoms with E-state index in [2.05, 4.69) is 25.9 Å². The van der Waals surface area contributed by atoms with Gasteiger partial charge in [0.15, 0.2) is 11.9 Å². The summed E-state index contributed by atoms with van der Waals surface area (Å²) in [5.74, 6) is -4.84. The van der Waals surface area contributed by atoms with Crippen molar-refractivity contribution in [2.24, 2.45) is 50.3 Å². The van der Waals surface area contributed by atoms with E-state index in [1.165, 1.54) is 0 Å². The highest BCUT2D eigenvalue weighted by molar-refractivity contribution is 5.96. The lowest BCUT2D eigenvalue weighted by Gasteiger charge is -2.25. The summed E-state index contributed by atoms with van der Waals surface area (Å²) in [6.45, 7) is 4.05. The van der Waals surface area contributed by atoms with Gasteiger partial charge in [0.05, 0.1) is 12.5 Å². The number of hydrogen-bond donors (Lipinski definition) is 10. The number of carboxylic acid groups (broad SMARTS) is 1. The minimum Gasteiger partial charge on any atom is -0.480 e. The van der Waals surface area contributed by atoms with E-state index >= 15 is 0 Å². The molecule has 0 bridgehead atoms. The molecule has 0 aromatic rings. The summed E-state index contributed by atoms with van der Waals surface area (Å²) in [5, 5.41) is 16.7. The van der Waals surface area contributed by atoms with Gasteiger partial charge >= 0.3 is 5.97 Å². The first-order chi connectivity index (χ1) is 18.1. The van der Waals surface area contributed by atoms with Crippen LogP contribution < -0.4 is 50.4 Å². The van der Waals surface area contributed by atoms with E-state index in [4.69, 9.17) is 34.4 Å². The van der Waals surface area contributed by atoms with Crippen molar-refractivity contribution >= 4 is 41.5 Å². The second-order valence-electron chi connectivity index (χ2n) is 9.33. The molecule has 0 aromatic carbocycles. The van der Waals surface area contributed by atoms with Gasteiger partial charge < -0.3 is 55.5 Å². The lowest BCUT2D eigenvalue weighted by molar-refractivity contribution is -0.142. The largest absolute Gasteiger partial charge is 0.480 e. The number of hydrogen-bond acceptors (Lipinski definition) is 8. The number of nitrogens with zero attached hydrogens (tertiary/aromatic N) is 2. The maximum absolute atomic E-state index is 13.1. The van der Waals surface area contributed by atoms with E-state index in [0.717, 1.165) is 0 Å². The van der Waals surface area contributed by atoms with Crippen LogP contribution in [-0.2, 0) is 24.0 Å². The van der Waals surface area contributed by atoms with Gasteiger partial charge in [0, 0.05) is 13.1 Å². The van der Waals surface area contributed by atoms with Crippen molar-refractivity contribution in [1.82, 2.24) is 16.0 Å². The molecular weight excluding hydrogens is 514 g/mol. The maximum atomic E-state index is 13.1.